The van der Waals surface area contributed by atoms with Crippen LogP contribution in [0.1, 0.15) is 30.6 Å². The van der Waals surface area contributed by atoms with E-state index in [1.807, 2.05) is 24.3 Å². The first kappa shape index (κ1) is 18.4. The number of carbonyl (C=O) groups excluding carboxylic acids is 1. The van der Waals surface area contributed by atoms with Crippen LogP contribution in [0, 0.1) is 16.0 Å². The number of hydrogen-bond acceptors (Lipinski definition) is 4. The number of benzene rings is 2. The van der Waals surface area contributed by atoms with Gasteiger partial charge in [-0.25, -0.2) is 0 Å². The van der Waals surface area contributed by atoms with E-state index in [0.29, 0.717) is 22.5 Å². The lowest BCUT2D eigenvalue weighted by atomic mass is 10.0. The SMILES string of the molecule is CC(C)C1CCN(C(=O)c2ccc(Br)c([N+](=O)[O-])c2)c2ccccc2N1. The quantitative estimate of drug-likeness (QED) is 0.572. The van der Waals surface area contributed by atoms with Crippen molar-refractivity contribution in [1.29, 1.82) is 0 Å². The Kier molecular flexibility index (Phi) is 5.27. The summed E-state index contributed by atoms with van der Waals surface area (Å²) in [5.41, 5.74) is 1.89. The van der Waals surface area contributed by atoms with Crippen molar-refractivity contribution in [2.75, 3.05) is 16.8 Å². The molecule has 6 nitrogen and oxygen atoms in total. The Balaban J connectivity index is 1.99. The van der Waals surface area contributed by atoms with Gasteiger partial charge in [-0.3, -0.25) is 14.9 Å². The third kappa shape index (κ3) is 3.58. The number of amides is 1. The molecule has 1 amide bonds. The monoisotopic (exact) mass is 417 g/mol. The molecular weight excluding hydrogens is 398 g/mol. The summed E-state index contributed by atoms with van der Waals surface area (Å²) >= 11 is 3.16. The Morgan fingerprint density at radius 1 is 1.31 bits per heavy atom. The topological polar surface area (TPSA) is 75.5 Å². The van der Waals surface area contributed by atoms with E-state index in [1.165, 1.54) is 6.07 Å². The van der Waals surface area contributed by atoms with Gasteiger partial charge in [-0.05, 0) is 52.5 Å². The van der Waals surface area contributed by atoms with E-state index in [2.05, 4.69) is 35.1 Å². The van der Waals surface area contributed by atoms with Gasteiger partial charge in [0.2, 0.25) is 0 Å². The Morgan fingerprint density at radius 2 is 2.04 bits per heavy atom. The van der Waals surface area contributed by atoms with Crippen molar-refractivity contribution < 1.29 is 9.72 Å². The molecule has 26 heavy (non-hydrogen) atoms. The molecule has 1 aliphatic heterocycles. The minimum Gasteiger partial charge on any atom is -0.380 e. The van der Waals surface area contributed by atoms with Crippen LogP contribution in [0.4, 0.5) is 17.1 Å². The predicted molar refractivity (Wildman–Crippen MR) is 106 cm³/mol. The van der Waals surface area contributed by atoms with Crippen molar-refractivity contribution in [3.63, 3.8) is 0 Å². The zero-order valence-corrected chi connectivity index (χ0v) is 16.2. The molecule has 2 aromatic rings. The second-order valence-corrected chi connectivity index (χ2v) is 7.54. The highest BCUT2D eigenvalue weighted by atomic mass is 79.9. The molecule has 1 aliphatic rings. The molecule has 3 rings (SSSR count). The van der Waals surface area contributed by atoms with Crippen LogP contribution >= 0.6 is 15.9 Å². The molecule has 136 valence electrons. The standard InChI is InChI=1S/C19H20BrN3O3/c1-12(2)15-9-10-22(17-6-4-3-5-16(17)21-15)19(24)13-7-8-14(20)18(11-13)23(25)26/h3-8,11-12,15,21H,9-10H2,1-2H3. The van der Waals surface area contributed by atoms with Gasteiger partial charge >= 0.3 is 0 Å². The molecule has 7 heteroatoms. The molecule has 0 bridgehead atoms. The summed E-state index contributed by atoms with van der Waals surface area (Å²) in [6, 6.07) is 12.4. The van der Waals surface area contributed by atoms with Crippen molar-refractivity contribution >= 4 is 38.9 Å². The van der Waals surface area contributed by atoms with Crippen LogP contribution in [0.25, 0.3) is 0 Å². The number of fused-ring (bicyclic) bond motifs is 1. The van der Waals surface area contributed by atoms with Gasteiger partial charge in [0.15, 0.2) is 0 Å². The maximum absolute atomic E-state index is 13.1. The van der Waals surface area contributed by atoms with Gasteiger partial charge in [0, 0.05) is 24.2 Å². The highest BCUT2D eigenvalue weighted by molar-refractivity contribution is 9.10. The zero-order valence-electron chi connectivity index (χ0n) is 14.6. The maximum Gasteiger partial charge on any atom is 0.284 e. The van der Waals surface area contributed by atoms with Gasteiger partial charge in [0.05, 0.1) is 20.8 Å². The van der Waals surface area contributed by atoms with Crippen LogP contribution < -0.4 is 10.2 Å². The van der Waals surface area contributed by atoms with E-state index in [0.717, 1.165) is 17.8 Å². The number of nitro benzene ring substituents is 1. The minimum absolute atomic E-state index is 0.114. The summed E-state index contributed by atoms with van der Waals surface area (Å²) in [4.78, 5) is 25.5. The molecule has 2 aromatic carbocycles. The number of nitrogens with one attached hydrogen (secondary N) is 1. The number of nitrogens with zero attached hydrogens (tertiary/aromatic N) is 2. The van der Waals surface area contributed by atoms with E-state index in [9.17, 15) is 14.9 Å². The van der Waals surface area contributed by atoms with Crippen molar-refractivity contribution in [1.82, 2.24) is 0 Å². The molecule has 0 aliphatic carbocycles. The molecule has 0 saturated carbocycles. The van der Waals surface area contributed by atoms with Crippen molar-refractivity contribution in [2.24, 2.45) is 5.92 Å². The number of para-hydroxylation sites is 2. The second-order valence-electron chi connectivity index (χ2n) is 6.68. The van der Waals surface area contributed by atoms with Crippen LogP contribution in [0.15, 0.2) is 46.9 Å². The predicted octanol–water partition coefficient (Wildman–Crippen LogP) is 4.84. The van der Waals surface area contributed by atoms with E-state index in [-0.39, 0.29) is 17.6 Å². The van der Waals surface area contributed by atoms with E-state index in [1.54, 1.807) is 17.0 Å². The first-order valence-corrected chi connectivity index (χ1v) is 9.29. The van der Waals surface area contributed by atoms with Crippen LogP contribution in [0.2, 0.25) is 0 Å². The average molecular weight is 418 g/mol. The fourth-order valence-electron chi connectivity index (χ4n) is 3.14. The van der Waals surface area contributed by atoms with Crippen molar-refractivity contribution in [3.05, 3.63) is 62.6 Å². The number of nitro groups is 1. The molecular formula is C19H20BrN3O3. The van der Waals surface area contributed by atoms with E-state index in [4.69, 9.17) is 0 Å². The maximum atomic E-state index is 13.1. The number of carbonyl (C=O) groups is 1. The number of halogens is 1. The number of hydrogen-bond donors (Lipinski definition) is 1. The Hall–Kier alpha value is -2.41. The van der Waals surface area contributed by atoms with Gasteiger partial charge in [-0.2, -0.15) is 0 Å². The molecule has 1 N–H and O–H groups in total. The van der Waals surface area contributed by atoms with Gasteiger partial charge in [0.25, 0.3) is 11.6 Å². The van der Waals surface area contributed by atoms with Crippen LogP contribution in [0.3, 0.4) is 0 Å². The minimum atomic E-state index is -0.492. The average Bonchev–Trinajstić information content (AvgIpc) is 2.81. The summed E-state index contributed by atoms with van der Waals surface area (Å²) in [7, 11) is 0. The van der Waals surface area contributed by atoms with Crippen LogP contribution in [-0.4, -0.2) is 23.4 Å². The Morgan fingerprint density at radius 3 is 2.73 bits per heavy atom. The first-order chi connectivity index (χ1) is 12.4. The summed E-state index contributed by atoms with van der Waals surface area (Å²) in [6.07, 6.45) is 0.802. The summed E-state index contributed by atoms with van der Waals surface area (Å²) < 4.78 is 0.358. The highest BCUT2D eigenvalue weighted by Gasteiger charge is 2.28. The van der Waals surface area contributed by atoms with Crippen LogP contribution in [0.5, 0.6) is 0 Å². The van der Waals surface area contributed by atoms with E-state index >= 15 is 0 Å². The Bertz CT molecular complexity index is 854. The molecule has 0 aromatic heterocycles. The fraction of sp³-hybridized carbons (Fsp3) is 0.316. The lowest BCUT2D eigenvalue weighted by Gasteiger charge is -2.22. The highest BCUT2D eigenvalue weighted by Crippen LogP contribution is 2.33. The zero-order chi connectivity index (χ0) is 18.8. The first-order valence-electron chi connectivity index (χ1n) is 8.50. The summed E-state index contributed by atoms with van der Waals surface area (Å²) in [6.45, 7) is 4.85. The largest absolute Gasteiger partial charge is 0.380 e. The molecule has 0 saturated heterocycles. The van der Waals surface area contributed by atoms with Crippen molar-refractivity contribution in [3.8, 4) is 0 Å². The van der Waals surface area contributed by atoms with Crippen molar-refractivity contribution in [2.45, 2.75) is 26.3 Å². The van der Waals surface area contributed by atoms with Gasteiger partial charge < -0.3 is 10.2 Å². The normalized spacial score (nSPS) is 16.6. The molecule has 0 spiro atoms. The van der Waals surface area contributed by atoms with Gasteiger partial charge in [0.1, 0.15) is 0 Å². The third-order valence-corrected chi connectivity index (χ3v) is 5.31. The molecule has 0 radical (unpaired) electrons. The number of anilines is 2. The summed E-state index contributed by atoms with van der Waals surface area (Å²) in [5, 5.41) is 14.7. The third-order valence-electron chi connectivity index (χ3n) is 4.64. The van der Waals surface area contributed by atoms with Gasteiger partial charge in [-0.15, -0.1) is 0 Å². The van der Waals surface area contributed by atoms with E-state index < -0.39 is 4.92 Å². The lowest BCUT2D eigenvalue weighted by Crippen LogP contribution is -2.33. The summed E-state index contributed by atoms with van der Waals surface area (Å²) in [5.74, 6) is 0.186. The fourth-order valence-corrected chi connectivity index (χ4v) is 3.54. The Labute approximate surface area is 160 Å². The van der Waals surface area contributed by atoms with Crippen LogP contribution in [-0.2, 0) is 0 Å². The molecule has 0 fully saturated rings. The lowest BCUT2D eigenvalue weighted by molar-refractivity contribution is -0.385. The smallest absolute Gasteiger partial charge is 0.284 e. The molecule has 1 atom stereocenters. The molecule has 1 heterocycles. The molecule has 1 unspecified atom stereocenters. The number of rotatable bonds is 3. The van der Waals surface area contributed by atoms with Gasteiger partial charge in [-0.1, -0.05) is 26.0 Å². The second kappa shape index (κ2) is 7.45.